The summed E-state index contributed by atoms with van der Waals surface area (Å²) in [6.07, 6.45) is -1.57. The van der Waals surface area contributed by atoms with E-state index < -0.39 is 17.8 Å². The van der Waals surface area contributed by atoms with E-state index in [2.05, 4.69) is 25.8 Å². The smallest absolute Gasteiger partial charge is 0.384 e. The van der Waals surface area contributed by atoms with E-state index in [1.807, 2.05) is 4.90 Å². The molecule has 2 fully saturated rings. The van der Waals surface area contributed by atoms with Crippen molar-refractivity contribution in [3.8, 4) is 11.5 Å². The average molecular weight is 490 g/mol. The SMILES string of the molecule is CC(O)C(=O)N1CCN(c2ccnc(-c3cnc4ccc(C(F)(F)F)cn34)n2)CC1C1CNNC1. The molecule has 35 heavy (non-hydrogen) atoms. The van der Waals surface area contributed by atoms with Gasteiger partial charge in [-0.1, -0.05) is 0 Å². The Morgan fingerprint density at radius 2 is 1.94 bits per heavy atom. The largest absolute Gasteiger partial charge is 0.417 e. The summed E-state index contributed by atoms with van der Waals surface area (Å²) >= 11 is 0. The predicted molar refractivity (Wildman–Crippen MR) is 120 cm³/mol. The molecular weight excluding hydrogens is 465 g/mol. The molecule has 0 radical (unpaired) electrons. The van der Waals surface area contributed by atoms with Crippen molar-refractivity contribution in [1.29, 1.82) is 0 Å². The lowest BCUT2D eigenvalue weighted by molar-refractivity contribution is -0.143. The van der Waals surface area contributed by atoms with Gasteiger partial charge in [0.1, 0.15) is 23.3 Å². The maximum atomic E-state index is 13.2. The summed E-state index contributed by atoms with van der Waals surface area (Å²) in [6.45, 7) is 4.22. The molecule has 0 saturated carbocycles. The molecule has 2 aliphatic rings. The Morgan fingerprint density at radius 1 is 1.17 bits per heavy atom. The van der Waals surface area contributed by atoms with Crippen LogP contribution in [0.25, 0.3) is 17.2 Å². The minimum absolute atomic E-state index is 0.140. The Labute approximate surface area is 198 Å². The van der Waals surface area contributed by atoms with Gasteiger partial charge < -0.3 is 14.9 Å². The van der Waals surface area contributed by atoms with E-state index in [9.17, 15) is 23.1 Å². The molecule has 0 aliphatic carbocycles. The number of rotatable bonds is 4. The van der Waals surface area contributed by atoms with Gasteiger partial charge in [-0.15, -0.1) is 0 Å². The Balaban J connectivity index is 1.45. The zero-order valence-electron chi connectivity index (χ0n) is 18.9. The van der Waals surface area contributed by atoms with Crippen molar-refractivity contribution in [2.24, 2.45) is 5.92 Å². The summed E-state index contributed by atoms with van der Waals surface area (Å²) in [5.41, 5.74) is 6.09. The van der Waals surface area contributed by atoms with Gasteiger partial charge in [-0.05, 0) is 25.1 Å². The van der Waals surface area contributed by atoms with E-state index in [-0.39, 0.29) is 23.7 Å². The number of carbonyl (C=O) groups is 1. The molecule has 5 rings (SSSR count). The van der Waals surface area contributed by atoms with Crippen LogP contribution < -0.4 is 15.8 Å². The number of hydrogen-bond donors (Lipinski definition) is 3. The highest BCUT2D eigenvalue weighted by Crippen LogP contribution is 2.31. The lowest BCUT2D eigenvalue weighted by Gasteiger charge is -2.44. The molecule has 2 aliphatic heterocycles. The Hall–Kier alpha value is -3.29. The van der Waals surface area contributed by atoms with Crippen LogP contribution in [0.4, 0.5) is 19.0 Å². The lowest BCUT2D eigenvalue weighted by Crippen LogP contribution is -2.60. The fourth-order valence-corrected chi connectivity index (χ4v) is 4.65. The van der Waals surface area contributed by atoms with Crippen molar-refractivity contribution >= 4 is 17.4 Å². The zero-order chi connectivity index (χ0) is 24.7. The Morgan fingerprint density at radius 3 is 2.66 bits per heavy atom. The molecule has 2 atom stereocenters. The van der Waals surface area contributed by atoms with Crippen molar-refractivity contribution in [2.75, 3.05) is 37.6 Å². The van der Waals surface area contributed by atoms with Crippen molar-refractivity contribution in [2.45, 2.75) is 25.2 Å². The van der Waals surface area contributed by atoms with Crippen LogP contribution in [-0.4, -0.2) is 80.1 Å². The van der Waals surface area contributed by atoms with Crippen LogP contribution in [0.2, 0.25) is 0 Å². The highest BCUT2D eigenvalue weighted by Gasteiger charge is 2.38. The first-order valence-electron chi connectivity index (χ1n) is 11.3. The maximum absolute atomic E-state index is 13.2. The highest BCUT2D eigenvalue weighted by molar-refractivity contribution is 5.81. The maximum Gasteiger partial charge on any atom is 0.417 e. The summed E-state index contributed by atoms with van der Waals surface area (Å²) in [4.78, 5) is 29.5. The number of aliphatic hydroxyl groups is 1. The molecule has 1 amide bonds. The number of nitrogens with zero attached hydrogens (tertiary/aromatic N) is 6. The standard InChI is InChI=1S/C22H25F3N8O2/c1-13(34)21(35)32-7-6-31(12-17(32)14-8-28-29-9-14)19-4-5-26-20(30-19)16-10-27-18-3-2-15(11-33(16)18)22(23,24)25/h2-5,10-11,13-14,17,28-29,34H,6-9,12H2,1H3. The summed E-state index contributed by atoms with van der Waals surface area (Å²) in [7, 11) is 0. The van der Waals surface area contributed by atoms with Crippen LogP contribution in [0.15, 0.2) is 36.8 Å². The number of aromatic nitrogens is 4. The number of carbonyl (C=O) groups excluding carboxylic acids is 1. The second-order valence-electron chi connectivity index (χ2n) is 8.77. The number of fused-ring (bicyclic) bond motifs is 1. The molecule has 5 heterocycles. The summed E-state index contributed by atoms with van der Waals surface area (Å²) < 4.78 is 41.1. The first kappa shape index (κ1) is 23.5. The van der Waals surface area contributed by atoms with Crippen LogP contribution in [-0.2, 0) is 11.0 Å². The van der Waals surface area contributed by atoms with Crippen molar-refractivity contribution in [1.82, 2.24) is 35.1 Å². The minimum Gasteiger partial charge on any atom is -0.384 e. The second-order valence-corrected chi connectivity index (χ2v) is 8.77. The average Bonchev–Trinajstić information content (AvgIpc) is 3.52. The number of nitrogens with one attached hydrogen (secondary N) is 2. The van der Waals surface area contributed by atoms with Gasteiger partial charge >= 0.3 is 6.18 Å². The van der Waals surface area contributed by atoms with Crippen LogP contribution in [0.1, 0.15) is 12.5 Å². The molecule has 0 spiro atoms. The summed E-state index contributed by atoms with van der Waals surface area (Å²) in [6, 6.07) is 3.88. The molecule has 2 unspecified atom stereocenters. The van der Waals surface area contributed by atoms with Crippen molar-refractivity contribution < 1.29 is 23.1 Å². The van der Waals surface area contributed by atoms with Gasteiger partial charge in [0, 0.05) is 51.0 Å². The zero-order valence-corrected chi connectivity index (χ0v) is 18.9. The number of hydrazine groups is 1. The number of amides is 1. The topological polar surface area (TPSA) is 111 Å². The molecular formula is C22H25F3N8O2. The predicted octanol–water partition coefficient (Wildman–Crippen LogP) is 0.932. The number of pyridine rings is 1. The summed E-state index contributed by atoms with van der Waals surface area (Å²) in [5, 5.41) is 9.88. The molecule has 2 saturated heterocycles. The Kier molecular flexibility index (Phi) is 6.07. The van der Waals surface area contributed by atoms with Crippen molar-refractivity contribution in [3.63, 3.8) is 0 Å². The number of halogens is 3. The quantitative estimate of drug-likeness (QED) is 0.496. The van der Waals surface area contributed by atoms with E-state index in [0.717, 1.165) is 12.3 Å². The van der Waals surface area contributed by atoms with Crippen LogP contribution in [0.5, 0.6) is 0 Å². The number of aliphatic hydroxyl groups excluding tert-OH is 1. The summed E-state index contributed by atoms with van der Waals surface area (Å²) in [5.74, 6) is 0.681. The van der Waals surface area contributed by atoms with E-state index in [1.54, 1.807) is 17.2 Å². The van der Waals surface area contributed by atoms with Gasteiger partial charge in [0.15, 0.2) is 5.82 Å². The molecule has 3 aromatic heterocycles. The first-order chi connectivity index (χ1) is 16.7. The molecule has 0 bridgehead atoms. The van der Waals surface area contributed by atoms with Gasteiger partial charge in [0.25, 0.3) is 5.91 Å². The van der Waals surface area contributed by atoms with E-state index in [0.29, 0.717) is 49.9 Å². The third-order valence-electron chi connectivity index (χ3n) is 6.48. The monoisotopic (exact) mass is 490 g/mol. The first-order valence-corrected chi connectivity index (χ1v) is 11.3. The van der Waals surface area contributed by atoms with Gasteiger partial charge in [-0.3, -0.25) is 20.0 Å². The number of hydrogen-bond acceptors (Lipinski definition) is 8. The molecule has 186 valence electrons. The molecule has 3 N–H and O–H groups in total. The van der Waals surface area contributed by atoms with Gasteiger partial charge in [-0.2, -0.15) is 13.2 Å². The molecule has 3 aromatic rings. The fraction of sp³-hybridized carbons (Fsp3) is 0.455. The van der Waals surface area contributed by atoms with E-state index in [4.69, 9.17) is 0 Å². The highest BCUT2D eigenvalue weighted by atomic mass is 19.4. The normalized spacial score (nSPS) is 20.5. The molecule has 10 nitrogen and oxygen atoms in total. The van der Waals surface area contributed by atoms with Gasteiger partial charge in [0.05, 0.1) is 17.8 Å². The van der Waals surface area contributed by atoms with Crippen molar-refractivity contribution in [3.05, 3.63) is 42.4 Å². The number of anilines is 1. The number of piperazine rings is 1. The number of alkyl halides is 3. The Bertz CT molecular complexity index is 1220. The number of imidazole rings is 1. The van der Waals surface area contributed by atoms with E-state index in [1.165, 1.54) is 23.6 Å². The van der Waals surface area contributed by atoms with Crippen LogP contribution in [0, 0.1) is 5.92 Å². The minimum atomic E-state index is -4.49. The molecule has 13 heteroatoms. The van der Waals surface area contributed by atoms with Gasteiger partial charge in [-0.25, -0.2) is 15.0 Å². The second kappa shape index (κ2) is 9.06. The molecule has 0 aromatic carbocycles. The third kappa shape index (κ3) is 4.54. The fourth-order valence-electron chi connectivity index (χ4n) is 4.65. The van der Waals surface area contributed by atoms with Gasteiger partial charge in [0.2, 0.25) is 0 Å². The lowest BCUT2D eigenvalue weighted by atomic mass is 9.96. The van der Waals surface area contributed by atoms with Crippen LogP contribution >= 0.6 is 0 Å². The third-order valence-corrected chi connectivity index (χ3v) is 6.48. The van der Waals surface area contributed by atoms with Crippen LogP contribution in [0.3, 0.4) is 0 Å². The van der Waals surface area contributed by atoms with E-state index >= 15 is 0 Å².